The third kappa shape index (κ3) is 37.7. The predicted molar refractivity (Wildman–Crippen MR) is 640 cm³/mol. The van der Waals surface area contributed by atoms with Gasteiger partial charge in [-0.15, -0.1) is 0 Å². The summed E-state index contributed by atoms with van der Waals surface area (Å²) in [5.41, 5.74) is 11.8. The Kier molecular flexibility index (Phi) is 160. The maximum atomic E-state index is 2.84. The van der Waals surface area contributed by atoms with Crippen molar-refractivity contribution in [1.82, 2.24) is 29.4 Å². The van der Waals surface area contributed by atoms with E-state index >= 15 is 0 Å². The van der Waals surface area contributed by atoms with Gasteiger partial charge in [0.05, 0.1) is 0 Å². The molecule has 4 bridgehead atoms. The molecule has 6 radical (unpaired) electrons. The molecule has 2 saturated carbocycles. The Hall–Kier alpha value is 5.60. The molecule has 14 atom stereocenters. The molecule has 14 unspecified atom stereocenters. The zero-order valence-electron chi connectivity index (χ0n) is 102. The summed E-state index contributed by atoms with van der Waals surface area (Å²) < 4.78 is 0. The summed E-state index contributed by atoms with van der Waals surface area (Å²) in [5, 5.41) is 0. The van der Waals surface area contributed by atoms with Gasteiger partial charge in [-0.25, -0.2) is 0 Å². The van der Waals surface area contributed by atoms with E-state index in [1.807, 2.05) is 152 Å². The van der Waals surface area contributed by atoms with E-state index in [1.165, 1.54) is 69.1 Å². The second kappa shape index (κ2) is 98.7. The molecule has 3 aliphatic heterocycles. The quantitative estimate of drug-likeness (QED) is 0.177. The first-order chi connectivity index (χ1) is 54.7. The first-order valence-electron chi connectivity index (χ1n) is 51.7. The molecule has 3 saturated heterocycles. The molecule has 0 aromatic heterocycles. The molecule has 5 fully saturated rings. The van der Waals surface area contributed by atoms with Crippen LogP contribution in [0.3, 0.4) is 0 Å². The second-order valence-corrected chi connectivity index (χ2v) is 37.9. The van der Waals surface area contributed by atoms with Crippen molar-refractivity contribution in [2.75, 3.05) is 40.8 Å². The molecule has 10 rings (SSSR count). The van der Waals surface area contributed by atoms with Crippen LogP contribution < -0.4 is 0 Å². The molecule has 0 aromatic carbocycles. The third-order valence-corrected chi connectivity index (χ3v) is 32.5. The van der Waals surface area contributed by atoms with Crippen LogP contribution in [0.2, 0.25) is 0 Å². The van der Waals surface area contributed by atoms with Gasteiger partial charge in [-0.3, -0.25) is 17.8 Å². The predicted octanol–water partition coefficient (Wildman–Crippen LogP) is 44.9. The summed E-state index contributed by atoms with van der Waals surface area (Å²) in [6.45, 7) is 164. The summed E-state index contributed by atoms with van der Waals surface area (Å²) >= 11 is 0. The summed E-state index contributed by atoms with van der Waals surface area (Å²) in [4.78, 5) is 16.7. The zero-order chi connectivity index (χ0) is 100. The second-order valence-electron chi connectivity index (χ2n) is 37.9. The molecular weight excluding hydrogens is 2110 g/mol. The zero-order valence-corrected chi connectivity index (χ0v) is 119. The molecular formula is C124H291N6Y6-3. The van der Waals surface area contributed by atoms with Gasteiger partial charge in [0.2, 0.25) is 0 Å². The van der Waals surface area contributed by atoms with Crippen molar-refractivity contribution in [3.63, 3.8) is 0 Å². The Bertz CT molecular complexity index is 2510. The van der Waals surface area contributed by atoms with Crippen LogP contribution in [0.5, 0.6) is 0 Å². The molecule has 3 heterocycles. The molecule has 0 spiro atoms. The van der Waals surface area contributed by atoms with Crippen molar-refractivity contribution >= 4 is 0 Å². The van der Waals surface area contributed by atoms with Gasteiger partial charge in [0.15, 0.2) is 0 Å². The SMILES string of the molecule is C.C.C.C.C.C.C.C.C.C.C.CC.CC.CC.CC.CC.CC.CC.CC.CC.CC.CC.CCC.CCC.CCC.CCC.CCC.CCC.CCN1C([C-](C)C)N(C)C(C)(CC)C1(C)C1(C)CC(C)(C)C(C)=C1C.CCN1C([C-](C)C)N(C)C2(C)C3(C)C(C)=C(C)C(C)(C(C)(C)C3(C)C)C12C.CCN1C([C-](C)C)N(C)C2(C)C3(C)C(C)=C(C)C(C)(C(C)(C)C3(C)C)C12C.[Y].[Y].[Y].[Y].[Y].[Y]. The van der Waals surface area contributed by atoms with E-state index in [-0.39, 0.29) is 365 Å². The van der Waals surface area contributed by atoms with Gasteiger partial charge in [0.25, 0.3) is 0 Å². The minimum absolute atomic E-state index is 0. The van der Waals surface area contributed by atoms with Crippen LogP contribution in [-0.4, -0.2) is 122 Å². The normalized spacial score (nSPS) is 28.7. The standard InChI is InChI=1S/2C25H45N2.C23H43N2.6C3H8.11C2H6.11CH4.6Y/c2*1-15-27-19(16(2)3)26(14)24(12)22(10)17(4)18(5)23(11,25(24,27)13)21(8,9)20(22,6)7;1-13-22(10)23(11,25(14-2)19(16(3)4)24(22)12)21(9)15-20(7,8)17(5)18(21)6;6*1-3-2;11*1-2;;;;;;;;;;;;;;;;;/h2*19H,15H2,1-14H3;19H,13-15H2,1-12H3;6*3H2,1-2H3;11*1-2H3;11*1H4;;;;;;/q3*-1;;;;;;;;;;;;;;;;;;;;;;;;;;;;;;;;;;. The molecule has 838 valence electrons. The smallest absolute Gasteiger partial charge is 0.0455 e. The van der Waals surface area contributed by atoms with Crippen LogP contribution in [0.25, 0.3) is 0 Å². The fourth-order valence-corrected chi connectivity index (χ4v) is 24.7. The number of rotatable bonds is 8. The summed E-state index contributed by atoms with van der Waals surface area (Å²) in [7, 11) is 7.14. The first kappa shape index (κ1) is 221. The van der Waals surface area contributed by atoms with E-state index in [0.717, 1.165) is 19.6 Å². The van der Waals surface area contributed by atoms with Crippen LogP contribution in [0, 0.1) is 71.9 Å². The molecule has 136 heavy (non-hydrogen) atoms. The van der Waals surface area contributed by atoms with Crippen molar-refractivity contribution in [2.45, 2.75) is 676 Å². The number of likely N-dealkylation sites (N-methyl/N-ethyl adjacent to an activating group) is 6. The van der Waals surface area contributed by atoms with Gasteiger partial charge in [-0.05, 0) is 164 Å². The van der Waals surface area contributed by atoms with Gasteiger partial charge in [-0.1, -0.05) is 539 Å². The molecule has 6 nitrogen and oxygen atoms in total. The molecule has 0 N–H and O–H groups in total. The summed E-state index contributed by atoms with van der Waals surface area (Å²) in [5.74, 6) is 4.52. The van der Waals surface area contributed by atoms with Gasteiger partial charge in [0, 0.05) is 257 Å². The van der Waals surface area contributed by atoms with Gasteiger partial charge >= 0.3 is 0 Å². The Balaban J connectivity index is -0.0000000372. The van der Waals surface area contributed by atoms with Gasteiger partial charge in [-0.2, -0.15) is 41.5 Å². The van der Waals surface area contributed by atoms with E-state index in [1.54, 1.807) is 33.4 Å². The minimum Gasteiger partial charge on any atom is -0.312 e. The molecule has 12 heteroatoms. The van der Waals surface area contributed by atoms with Crippen LogP contribution in [0.1, 0.15) is 625 Å². The van der Waals surface area contributed by atoms with Gasteiger partial charge in [0.1, 0.15) is 0 Å². The average Bonchev–Trinajstić information content (AvgIpc) is 1.34. The van der Waals surface area contributed by atoms with Gasteiger partial charge < -0.3 is 29.4 Å². The van der Waals surface area contributed by atoms with Crippen LogP contribution in [0.4, 0.5) is 0 Å². The van der Waals surface area contributed by atoms with Crippen LogP contribution in [0.15, 0.2) is 33.4 Å². The van der Waals surface area contributed by atoms with Crippen molar-refractivity contribution < 1.29 is 196 Å². The molecule has 7 aliphatic carbocycles. The first-order valence-corrected chi connectivity index (χ1v) is 51.7. The van der Waals surface area contributed by atoms with Crippen LogP contribution in [-0.2, 0) is 196 Å². The Labute approximate surface area is 1030 Å². The van der Waals surface area contributed by atoms with E-state index in [2.05, 4.69) is 390 Å². The van der Waals surface area contributed by atoms with Crippen molar-refractivity contribution in [3.8, 4) is 0 Å². The van der Waals surface area contributed by atoms with Crippen LogP contribution >= 0.6 is 0 Å². The Morgan fingerprint density at radius 3 is 0.493 bits per heavy atom. The molecule has 0 amide bonds. The third-order valence-electron chi connectivity index (χ3n) is 32.5. The topological polar surface area (TPSA) is 19.4 Å². The van der Waals surface area contributed by atoms with E-state index in [9.17, 15) is 0 Å². The van der Waals surface area contributed by atoms with Crippen molar-refractivity contribution in [1.29, 1.82) is 0 Å². The minimum atomic E-state index is 0. The molecule has 0 aromatic rings. The van der Waals surface area contributed by atoms with Crippen molar-refractivity contribution in [2.24, 2.45) is 54.1 Å². The van der Waals surface area contributed by atoms with E-state index < -0.39 is 0 Å². The Morgan fingerprint density at radius 1 is 0.228 bits per heavy atom. The number of hydrogen-bond acceptors (Lipinski definition) is 6. The summed E-state index contributed by atoms with van der Waals surface area (Å²) in [6, 6.07) is 0. The Morgan fingerprint density at radius 2 is 0.368 bits per heavy atom. The maximum Gasteiger partial charge on any atom is 0.0455 e. The van der Waals surface area contributed by atoms with E-state index in [0.29, 0.717) is 18.5 Å². The number of fused-ring (bicyclic) bond motifs is 2. The fraction of sp³-hybridized carbons (Fsp3) is 0.927. The molecule has 10 aliphatic rings. The van der Waals surface area contributed by atoms with E-state index in [4.69, 9.17) is 0 Å². The fourth-order valence-electron chi connectivity index (χ4n) is 24.7. The number of hydrogen-bond donors (Lipinski definition) is 0. The summed E-state index contributed by atoms with van der Waals surface area (Å²) in [6.07, 6.45) is 11.1. The number of allylic oxidation sites excluding steroid dienone is 1. The maximum absolute atomic E-state index is 2.84. The average molecular weight is 2400 g/mol. The number of nitrogens with zero attached hydrogens (tertiary/aromatic N) is 6. The van der Waals surface area contributed by atoms with Crippen molar-refractivity contribution in [3.05, 3.63) is 51.2 Å². The largest absolute Gasteiger partial charge is 0.312 e. The monoisotopic (exact) mass is 2400 g/mol.